The van der Waals surface area contributed by atoms with Crippen LogP contribution in [0, 0.1) is 24.4 Å². The lowest BCUT2D eigenvalue weighted by molar-refractivity contribution is 0.498. The Kier molecular flexibility index (Phi) is 3.56. The highest BCUT2D eigenvalue weighted by Gasteiger charge is 2.11. The summed E-state index contributed by atoms with van der Waals surface area (Å²) < 4.78 is 40.2. The van der Waals surface area contributed by atoms with Crippen LogP contribution in [0.5, 0.6) is 0 Å². The van der Waals surface area contributed by atoms with Gasteiger partial charge in [-0.3, -0.25) is 0 Å². The summed E-state index contributed by atoms with van der Waals surface area (Å²) in [5.41, 5.74) is 0.388. The van der Waals surface area contributed by atoms with E-state index in [1.807, 2.05) is 0 Å². The van der Waals surface area contributed by atoms with E-state index in [-0.39, 0.29) is 5.69 Å². The van der Waals surface area contributed by atoms with Crippen LogP contribution in [0.15, 0.2) is 28.7 Å². The molecule has 0 fully saturated rings. The van der Waals surface area contributed by atoms with Crippen molar-refractivity contribution >= 4 is 27.4 Å². The van der Waals surface area contributed by atoms with Gasteiger partial charge in [-0.25, -0.2) is 18.2 Å². The van der Waals surface area contributed by atoms with Gasteiger partial charge < -0.3 is 5.32 Å². The molecular formula is C12H8BrF3N2. The van der Waals surface area contributed by atoms with Gasteiger partial charge in [0.15, 0.2) is 11.6 Å². The third-order valence-electron chi connectivity index (χ3n) is 2.28. The zero-order valence-electron chi connectivity index (χ0n) is 9.27. The van der Waals surface area contributed by atoms with Gasteiger partial charge in [0.25, 0.3) is 0 Å². The average Bonchev–Trinajstić information content (AvgIpc) is 2.30. The van der Waals surface area contributed by atoms with Gasteiger partial charge >= 0.3 is 0 Å². The summed E-state index contributed by atoms with van der Waals surface area (Å²) in [6.07, 6.45) is 0. The number of nitrogens with zero attached hydrogens (tertiary/aromatic N) is 1. The molecule has 2 nitrogen and oxygen atoms in total. The summed E-state index contributed by atoms with van der Waals surface area (Å²) in [5.74, 6) is -2.94. The Morgan fingerprint density at radius 1 is 1.17 bits per heavy atom. The number of benzene rings is 1. The summed E-state index contributed by atoms with van der Waals surface area (Å²) in [5, 5.41) is 2.53. The standard InChI is InChI=1S/C12H8BrF3N2/c1-6-8(13)2-3-11(17-6)18-10-5-7(14)4-9(15)12(10)16/h2-5H,1H3,(H,17,18). The number of anilines is 2. The van der Waals surface area contributed by atoms with Gasteiger partial charge in [0.1, 0.15) is 11.6 Å². The zero-order chi connectivity index (χ0) is 13.3. The molecule has 18 heavy (non-hydrogen) atoms. The predicted octanol–water partition coefficient (Wildman–Crippen LogP) is 4.31. The quantitative estimate of drug-likeness (QED) is 0.835. The van der Waals surface area contributed by atoms with Gasteiger partial charge in [-0.15, -0.1) is 0 Å². The van der Waals surface area contributed by atoms with Crippen molar-refractivity contribution in [3.05, 3.63) is 51.9 Å². The highest BCUT2D eigenvalue weighted by molar-refractivity contribution is 9.10. The number of hydrogen-bond donors (Lipinski definition) is 1. The van der Waals surface area contributed by atoms with Gasteiger partial charge in [-0.1, -0.05) is 0 Å². The van der Waals surface area contributed by atoms with Crippen LogP contribution in [0.2, 0.25) is 0 Å². The monoisotopic (exact) mass is 316 g/mol. The molecule has 0 saturated carbocycles. The zero-order valence-corrected chi connectivity index (χ0v) is 10.9. The molecule has 2 rings (SSSR count). The van der Waals surface area contributed by atoms with Crippen molar-refractivity contribution in [3.8, 4) is 0 Å². The predicted molar refractivity (Wildman–Crippen MR) is 66.3 cm³/mol. The van der Waals surface area contributed by atoms with Crippen molar-refractivity contribution in [2.45, 2.75) is 6.92 Å². The molecule has 6 heteroatoms. The molecule has 94 valence electrons. The first kappa shape index (κ1) is 12.9. The minimum atomic E-state index is -1.24. The molecule has 1 heterocycles. The van der Waals surface area contributed by atoms with Crippen LogP contribution in [0.4, 0.5) is 24.7 Å². The molecule has 0 saturated heterocycles. The van der Waals surface area contributed by atoms with Gasteiger partial charge in [0, 0.05) is 16.6 Å². The molecule has 0 unspecified atom stereocenters. The molecular weight excluding hydrogens is 309 g/mol. The Hall–Kier alpha value is -1.56. The van der Waals surface area contributed by atoms with E-state index in [0.717, 1.165) is 10.5 Å². The minimum absolute atomic E-state index is 0.290. The first-order valence-corrected chi connectivity index (χ1v) is 5.81. The molecule has 1 N–H and O–H groups in total. The fourth-order valence-electron chi connectivity index (χ4n) is 1.40. The second kappa shape index (κ2) is 4.97. The number of rotatable bonds is 2. The Morgan fingerprint density at radius 2 is 1.89 bits per heavy atom. The Labute approximate surface area is 110 Å². The highest BCUT2D eigenvalue weighted by atomic mass is 79.9. The summed E-state index contributed by atoms with van der Waals surface area (Å²) in [6.45, 7) is 1.75. The van der Waals surface area contributed by atoms with E-state index in [0.29, 0.717) is 17.6 Å². The third-order valence-corrected chi connectivity index (χ3v) is 3.12. The van der Waals surface area contributed by atoms with Gasteiger partial charge in [0.05, 0.1) is 11.4 Å². The number of hydrogen-bond acceptors (Lipinski definition) is 2. The summed E-state index contributed by atoms with van der Waals surface area (Å²) in [6, 6.07) is 4.63. The number of nitrogens with one attached hydrogen (secondary N) is 1. The van der Waals surface area contributed by atoms with Crippen molar-refractivity contribution in [2.24, 2.45) is 0 Å². The number of pyridine rings is 1. The van der Waals surface area contributed by atoms with Crippen LogP contribution < -0.4 is 5.32 Å². The lowest BCUT2D eigenvalue weighted by atomic mass is 10.2. The van der Waals surface area contributed by atoms with Crippen LogP contribution in [-0.2, 0) is 0 Å². The molecule has 0 aliphatic heterocycles. The van der Waals surface area contributed by atoms with Crippen molar-refractivity contribution in [3.63, 3.8) is 0 Å². The van der Waals surface area contributed by atoms with E-state index in [1.54, 1.807) is 19.1 Å². The van der Waals surface area contributed by atoms with E-state index in [2.05, 4.69) is 26.2 Å². The second-order valence-corrected chi connectivity index (χ2v) is 4.49. The smallest absolute Gasteiger partial charge is 0.182 e. The number of aryl methyl sites for hydroxylation is 1. The summed E-state index contributed by atoms with van der Waals surface area (Å²) in [7, 11) is 0. The fraction of sp³-hybridized carbons (Fsp3) is 0.0833. The largest absolute Gasteiger partial charge is 0.338 e. The first-order valence-electron chi connectivity index (χ1n) is 5.02. The van der Waals surface area contributed by atoms with Gasteiger partial charge in [-0.05, 0) is 35.0 Å². The van der Waals surface area contributed by atoms with E-state index < -0.39 is 17.5 Å². The maximum Gasteiger partial charge on any atom is 0.182 e. The molecule has 0 radical (unpaired) electrons. The van der Waals surface area contributed by atoms with Crippen LogP contribution >= 0.6 is 15.9 Å². The van der Waals surface area contributed by atoms with E-state index in [9.17, 15) is 13.2 Å². The first-order chi connectivity index (χ1) is 8.47. The maximum atomic E-state index is 13.4. The summed E-state index contributed by atoms with van der Waals surface area (Å²) >= 11 is 3.27. The van der Waals surface area contributed by atoms with E-state index >= 15 is 0 Å². The SMILES string of the molecule is Cc1nc(Nc2cc(F)cc(F)c2F)ccc1Br. The van der Waals surface area contributed by atoms with Crippen molar-refractivity contribution in [1.29, 1.82) is 0 Å². The second-order valence-electron chi connectivity index (χ2n) is 3.64. The van der Waals surface area contributed by atoms with Crippen LogP contribution in [0.25, 0.3) is 0 Å². The van der Waals surface area contributed by atoms with E-state index in [4.69, 9.17) is 0 Å². The van der Waals surface area contributed by atoms with Gasteiger partial charge in [-0.2, -0.15) is 0 Å². The maximum absolute atomic E-state index is 13.4. The van der Waals surface area contributed by atoms with Crippen LogP contribution in [0.3, 0.4) is 0 Å². The highest BCUT2D eigenvalue weighted by Crippen LogP contribution is 2.24. The Morgan fingerprint density at radius 3 is 2.56 bits per heavy atom. The normalized spacial score (nSPS) is 10.5. The molecule has 0 aliphatic carbocycles. The Balaban J connectivity index is 2.36. The Bertz CT molecular complexity index is 602. The fourth-order valence-corrected chi connectivity index (χ4v) is 1.62. The molecule has 0 amide bonds. The average molecular weight is 317 g/mol. The molecule has 0 aliphatic rings. The number of aromatic nitrogens is 1. The van der Waals surface area contributed by atoms with Crippen molar-refractivity contribution in [2.75, 3.05) is 5.32 Å². The lowest BCUT2D eigenvalue weighted by Crippen LogP contribution is -2.00. The molecule has 0 atom stereocenters. The molecule has 1 aromatic heterocycles. The third kappa shape index (κ3) is 2.64. The molecule has 2 aromatic rings. The summed E-state index contributed by atoms with van der Waals surface area (Å²) in [4.78, 5) is 4.10. The lowest BCUT2D eigenvalue weighted by Gasteiger charge is -2.08. The van der Waals surface area contributed by atoms with Crippen LogP contribution in [-0.4, -0.2) is 4.98 Å². The molecule has 1 aromatic carbocycles. The molecule has 0 spiro atoms. The number of halogens is 4. The van der Waals surface area contributed by atoms with E-state index in [1.165, 1.54) is 0 Å². The molecule has 0 bridgehead atoms. The topological polar surface area (TPSA) is 24.9 Å². The van der Waals surface area contributed by atoms with Crippen LogP contribution in [0.1, 0.15) is 5.69 Å². The minimum Gasteiger partial charge on any atom is -0.338 e. The van der Waals surface area contributed by atoms with Crippen molar-refractivity contribution < 1.29 is 13.2 Å². The van der Waals surface area contributed by atoms with Gasteiger partial charge in [0.2, 0.25) is 0 Å². The van der Waals surface area contributed by atoms with Crippen molar-refractivity contribution in [1.82, 2.24) is 4.98 Å².